The van der Waals surface area contributed by atoms with E-state index in [1.807, 2.05) is 30.3 Å². The Morgan fingerprint density at radius 2 is 1.95 bits per heavy atom. The summed E-state index contributed by atoms with van der Waals surface area (Å²) in [5.41, 5.74) is 7.85. The monoisotopic (exact) mass is 268 g/mol. The third-order valence-electron chi connectivity index (χ3n) is 2.73. The van der Waals surface area contributed by atoms with Crippen LogP contribution in [0, 0.1) is 0 Å². The highest BCUT2D eigenvalue weighted by Crippen LogP contribution is 2.24. The van der Waals surface area contributed by atoms with Crippen LogP contribution in [0.5, 0.6) is 5.75 Å². The molecule has 0 spiro atoms. The van der Waals surface area contributed by atoms with Crippen LogP contribution in [0.3, 0.4) is 0 Å². The molecule has 0 aliphatic heterocycles. The Morgan fingerprint density at radius 1 is 1.20 bits per heavy atom. The molecule has 0 fully saturated rings. The van der Waals surface area contributed by atoms with Crippen LogP contribution in [-0.2, 0) is 4.79 Å². The zero-order valence-corrected chi connectivity index (χ0v) is 11.2. The fourth-order valence-corrected chi connectivity index (χ4v) is 1.71. The zero-order chi connectivity index (χ0) is 14.4. The van der Waals surface area contributed by atoms with Gasteiger partial charge in [-0.05, 0) is 23.8 Å². The van der Waals surface area contributed by atoms with E-state index in [1.54, 1.807) is 24.3 Å². The second-order valence-corrected chi connectivity index (χ2v) is 4.19. The van der Waals surface area contributed by atoms with Gasteiger partial charge in [-0.3, -0.25) is 4.79 Å². The van der Waals surface area contributed by atoms with Crippen LogP contribution in [0.25, 0.3) is 6.08 Å². The van der Waals surface area contributed by atoms with Crippen molar-refractivity contribution < 1.29 is 9.53 Å². The van der Waals surface area contributed by atoms with Crippen LogP contribution < -0.4 is 15.8 Å². The molecule has 3 N–H and O–H groups in total. The van der Waals surface area contributed by atoms with Crippen molar-refractivity contribution in [1.29, 1.82) is 0 Å². The smallest absolute Gasteiger partial charge is 0.248 e. The maximum absolute atomic E-state index is 11.8. The number of rotatable bonds is 4. The van der Waals surface area contributed by atoms with Crippen molar-refractivity contribution in [2.75, 3.05) is 18.2 Å². The fourth-order valence-electron chi connectivity index (χ4n) is 1.71. The van der Waals surface area contributed by atoms with E-state index >= 15 is 0 Å². The highest BCUT2D eigenvalue weighted by atomic mass is 16.5. The standard InChI is InChI=1S/C16H16N2O2/c1-20-15-11-13(8-9-14(15)17)18-16(19)10-7-12-5-3-2-4-6-12/h2-11H,17H2,1H3,(H,18,19). The number of amides is 1. The molecule has 20 heavy (non-hydrogen) atoms. The molecule has 0 aliphatic carbocycles. The molecule has 2 aromatic rings. The van der Waals surface area contributed by atoms with Gasteiger partial charge in [0.05, 0.1) is 12.8 Å². The van der Waals surface area contributed by atoms with Crippen molar-refractivity contribution in [2.24, 2.45) is 0 Å². The normalized spacial score (nSPS) is 10.4. The molecule has 4 nitrogen and oxygen atoms in total. The number of ether oxygens (including phenoxy) is 1. The van der Waals surface area contributed by atoms with Gasteiger partial charge in [0.2, 0.25) is 5.91 Å². The molecular formula is C16H16N2O2. The van der Waals surface area contributed by atoms with E-state index in [0.29, 0.717) is 17.1 Å². The number of carbonyl (C=O) groups is 1. The number of hydrogen-bond acceptors (Lipinski definition) is 3. The Balaban J connectivity index is 2.03. The molecule has 0 unspecified atom stereocenters. The Morgan fingerprint density at radius 3 is 2.65 bits per heavy atom. The predicted molar refractivity (Wildman–Crippen MR) is 81.5 cm³/mol. The van der Waals surface area contributed by atoms with Crippen LogP contribution in [0.1, 0.15) is 5.56 Å². The number of benzene rings is 2. The van der Waals surface area contributed by atoms with Crippen LogP contribution in [0.4, 0.5) is 11.4 Å². The molecule has 0 bridgehead atoms. The van der Waals surface area contributed by atoms with E-state index in [0.717, 1.165) is 5.56 Å². The average molecular weight is 268 g/mol. The molecule has 0 atom stereocenters. The lowest BCUT2D eigenvalue weighted by atomic mass is 10.2. The quantitative estimate of drug-likeness (QED) is 0.662. The van der Waals surface area contributed by atoms with Crippen LogP contribution in [-0.4, -0.2) is 13.0 Å². The predicted octanol–water partition coefficient (Wildman–Crippen LogP) is 2.93. The summed E-state index contributed by atoms with van der Waals surface area (Å²) < 4.78 is 5.10. The molecule has 0 aliphatic rings. The van der Waals surface area contributed by atoms with Crippen molar-refractivity contribution >= 4 is 23.4 Å². The summed E-state index contributed by atoms with van der Waals surface area (Å²) in [6.45, 7) is 0. The highest BCUT2D eigenvalue weighted by molar-refractivity contribution is 6.02. The first kappa shape index (κ1) is 13.7. The molecule has 0 saturated heterocycles. The van der Waals surface area contributed by atoms with Gasteiger partial charge in [-0.2, -0.15) is 0 Å². The molecule has 102 valence electrons. The Hall–Kier alpha value is -2.75. The van der Waals surface area contributed by atoms with E-state index in [-0.39, 0.29) is 5.91 Å². The Labute approximate surface area is 117 Å². The summed E-state index contributed by atoms with van der Waals surface area (Å²) >= 11 is 0. The van der Waals surface area contributed by atoms with Crippen LogP contribution >= 0.6 is 0 Å². The summed E-state index contributed by atoms with van der Waals surface area (Å²) in [4.78, 5) is 11.8. The summed E-state index contributed by atoms with van der Waals surface area (Å²) in [7, 11) is 1.53. The van der Waals surface area contributed by atoms with Gasteiger partial charge in [-0.15, -0.1) is 0 Å². The zero-order valence-electron chi connectivity index (χ0n) is 11.2. The van der Waals surface area contributed by atoms with Gasteiger partial charge in [0.15, 0.2) is 0 Å². The molecule has 4 heteroatoms. The van der Waals surface area contributed by atoms with Crippen molar-refractivity contribution in [3.05, 3.63) is 60.2 Å². The maximum Gasteiger partial charge on any atom is 0.248 e. The minimum atomic E-state index is -0.208. The Kier molecular flexibility index (Phi) is 4.39. The molecule has 2 aromatic carbocycles. The van der Waals surface area contributed by atoms with E-state index in [9.17, 15) is 4.79 Å². The molecule has 0 radical (unpaired) electrons. The largest absolute Gasteiger partial charge is 0.495 e. The minimum absolute atomic E-state index is 0.208. The first-order chi connectivity index (χ1) is 9.69. The topological polar surface area (TPSA) is 64.3 Å². The van der Waals surface area contributed by atoms with E-state index in [4.69, 9.17) is 10.5 Å². The van der Waals surface area contributed by atoms with Gasteiger partial charge < -0.3 is 15.8 Å². The second-order valence-electron chi connectivity index (χ2n) is 4.19. The molecule has 0 aromatic heterocycles. The number of nitrogens with two attached hydrogens (primary N) is 1. The number of anilines is 2. The van der Waals surface area contributed by atoms with Crippen molar-refractivity contribution in [3.63, 3.8) is 0 Å². The summed E-state index contributed by atoms with van der Waals surface area (Å²) in [6, 6.07) is 14.7. The number of methoxy groups -OCH3 is 1. The van der Waals surface area contributed by atoms with Gasteiger partial charge in [0, 0.05) is 17.8 Å². The number of carbonyl (C=O) groups excluding carboxylic acids is 1. The van der Waals surface area contributed by atoms with Crippen molar-refractivity contribution in [2.45, 2.75) is 0 Å². The minimum Gasteiger partial charge on any atom is -0.495 e. The third-order valence-corrected chi connectivity index (χ3v) is 2.73. The highest BCUT2D eigenvalue weighted by Gasteiger charge is 2.03. The fraction of sp³-hybridized carbons (Fsp3) is 0.0625. The first-order valence-corrected chi connectivity index (χ1v) is 6.16. The molecular weight excluding hydrogens is 252 g/mol. The summed E-state index contributed by atoms with van der Waals surface area (Å²) in [5.74, 6) is 0.329. The Bertz CT molecular complexity index is 622. The van der Waals surface area contributed by atoms with Gasteiger partial charge in [-0.25, -0.2) is 0 Å². The molecule has 2 rings (SSSR count). The average Bonchev–Trinajstić information content (AvgIpc) is 2.48. The van der Waals surface area contributed by atoms with Gasteiger partial charge >= 0.3 is 0 Å². The summed E-state index contributed by atoms with van der Waals surface area (Å²) in [6.07, 6.45) is 3.24. The lowest BCUT2D eigenvalue weighted by molar-refractivity contribution is -0.111. The van der Waals surface area contributed by atoms with Gasteiger partial charge in [-0.1, -0.05) is 30.3 Å². The molecule has 0 heterocycles. The van der Waals surface area contributed by atoms with Gasteiger partial charge in [0.1, 0.15) is 5.75 Å². The molecule has 1 amide bonds. The summed E-state index contributed by atoms with van der Waals surface area (Å²) in [5, 5.41) is 2.75. The number of nitrogen functional groups attached to an aromatic ring is 1. The first-order valence-electron chi connectivity index (χ1n) is 6.16. The maximum atomic E-state index is 11.8. The lowest BCUT2D eigenvalue weighted by Crippen LogP contribution is -2.08. The number of nitrogens with one attached hydrogen (secondary N) is 1. The van der Waals surface area contributed by atoms with E-state index in [2.05, 4.69) is 5.32 Å². The van der Waals surface area contributed by atoms with Crippen molar-refractivity contribution in [3.8, 4) is 5.75 Å². The van der Waals surface area contributed by atoms with Crippen LogP contribution in [0.2, 0.25) is 0 Å². The molecule has 0 saturated carbocycles. The van der Waals surface area contributed by atoms with Crippen LogP contribution in [0.15, 0.2) is 54.6 Å². The van der Waals surface area contributed by atoms with Crippen molar-refractivity contribution in [1.82, 2.24) is 0 Å². The SMILES string of the molecule is COc1cc(NC(=O)C=Cc2ccccc2)ccc1N. The van der Waals surface area contributed by atoms with E-state index < -0.39 is 0 Å². The third kappa shape index (κ3) is 3.62. The second kappa shape index (κ2) is 6.43. The number of hydrogen-bond donors (Lipinski definition) is 2. The lowest BCUT2D eigenvalue weighted by Gasteiger charge is -2.07. The van der Waals surface area contributed by atoms with Gasteiger partial charge in [0.25, 0.3) is 0 Å². The van der Waals surface area contributed by atoms with E-state index in [1.165, 1.54) is 13.2 Å².